The van der Waals surface area contributed by atoms with Gasteiger partial charge in [0, 0.05) is 25.2 Å². The average Bonchev–Trinajstić information content (AvgIpc) is 3.09. The van der Waals surface area contributed by atoms with Gasteiger partial charge in [0.2, 0.25) is 11.7 Å². The number of ether oxygens (including phenoxy) is 1. The summed E-state index contributed by atoms with van der Waals surface area (Å²) >= 11 is 0. The van der Waals surface area contributed by atoms with Crippen LogP contribution in [0.2, 0.25) is 0 Å². The van der Waals surface area contributed by atoms with Crippen LogP contribution in [0.1, 0.15) is 17.8 Å². The summed E-state index contributed by atoms with van der Waals surface area (Å²) in [5, 5.41) is 3.96. The van der Waals surface area contributed by atoms with Gasteiger partial charge in [0.05, 0.1) is 13.2 Å². The van der Waals surface area contributed by atoms with E-state index in [0.717, 1.165) is 17.9 Å². The molecule has 0 aliphatic carbocycles. The predicted molar refractivity (Wildman–Crippen MR) is 87.4 cm³/mol. The first-order chi connectivity index (χ1) is 11.8. The van der Waals surface area contributed by atoms with Crippen molar-refractivity contribution in [1.29, 1.82) is 0 Å². The van der Waals surface area contributed by atoms with Gasteiger partial charge in [-0.1, -0.05) is 35.5 Å². The summed E-state index contributed by atoms with van der Waals surface area (Å²) in [6.45, 7) is 3.75. The van der Waals surface area contributed by atoms with Crippen molar-refractivity contribution < 1.29 is 9.26 Å². The Labute approximate surface area is 139 Å². The molecule has 0 spiro atoms. The number of benzene rings is 1. The lowest BCUT2D eigenvalue weighted by Crippen LogP contribution is -2.39. The van der Waals surface area contributed by atoms with Gasteiger partial charge in [-0.25, -0.2) is 9.97 Å². The minimum absolute atomic E-state index is 0.216. The molecule has 1 saturated heterocycles. The third kappa shape index (κ3) is 2.98. The SMILES string of the molecule is Cc1nc(C2CN(c3ccnc(-c4ccccc4)n3)CCO2)no1. The normalized spacial score (nSPS) is 17.9. The molecule has 1 aromatic carbocycles. The Hall–Kier alpha value is -2.80. The molecule has 7 nitrogen and oxygen atoms in total. The van der Waals surface area contributed by atoms with Crippen LogP contribution in [0.25, 0.3) is 11.4 Å². The summed E-state index contributed by atoms with van der Waals surface area (Å²) in [5.74, 6) is 2.71. The van der Waals surface area contributed by atoms with Crippen molar-refractivity contribution in [2.75, 3.05) is 24.6 Å². The second kappa shape index (κ2) is 6.37. The third-order valence-electron chi connectivity index (χ3n) is 3.89. The van der Waals surface area contributed by atoms with E-state index in [-0.39, 0.29) is 6.10 Å². The zero-order valence-electron chi connectivity index (χ0n) is 13.3. The van der Waals surface area contributed by atoms with Crippen LogP contribution in [0, 0.1) is 6.92 Å². The van der Waals surface area contributed by atoms with E-state index < -0.39 is 0 Å². The zero-order chi connectivity index (χ0) is 16.4. The molecular weight excluding hydrogens is 306 g/mol. The standard InChI is InChI=1S/C17H17N5O2/c1-12-19-17(21-24-12)14-11-22(9-10-23-14)15-7-8-18-16(20-15)13-5-3-2-4-6-13/h2-8,14H,9-11H2,1H3. The summed E-state index contributed by atoms with van der Waals surface area (Å²) in [6, 6.07) is 11.9. The van der Waals surface area contributed by atoms with Crippen LogP contribution < -0.4 is 4.90 Å². The van der Waals surface area contributed by atoms with Crippen molar-refractivity contribution in [2.45, 2.75) is 13.0 Å². The van der Waals surface area contributed by atoms with Crippen molar-refractivity contribution in [2.24, 2.45) is 0 Å². The molecule has 0 N–H and O–H groups in total. The van der Waals surface area contributed by atoms with E-state index in [1.54, 1.807) is 13.1 Å². The fourth-order valence-corrected chi connectivity index (χ4v) is 2.71. The predicted octanol–water partition coefficient (Wildman–Crippen LogP) is 2.41. The second-order valence-corrected chi connectivity index (χ2v) is 5.58. The number of anilines is 1. The van der Waals surface area contributed by atoms with E-state index in [1.165, 1.54) is 0 Å². The maximum absolute atomic E-state index is 5.77. The molecule has 7 heteroatoms. The molecule has 122 valence electrons. The smallest absolute Gasteiger partial charge is 0.223 e. The fourth-order valence-electron chi connectivity index (χ4n) is 2.71. The largest absolute Gasteiger partial charge is 0.366 e. The molecule has 1 unspecified atom stereocenters. The molecule has 1 atom stereocenters. The van der Waals surface area contributed by atoms with Crippen LogP contribution in [0.15, 0.2) is 47.1 Å². The summed E-state index contributed by atoms with van der Waals surface area (Å²) in [7, 11) is 0. The van der Waals surface area contributed by atoms with Gasteiger partial charge in [0.15, 0.2) is 5.82 Å². The minimum atomic E-state index is -0.216. The van der Waals surface area contributed by atoms with Crippen LogP contribution in [0.5, 0.6) is 0 Å². The summed E-state index contributed by atoms with van der Waals surface area (Å²) in [5.41, 5.74) is 0.998. The zero-order valence-corrected chi connectivity index (χ0v) is 13.3. The Morgan fingerprint density at radius 3 is 2.79 bits per heavy atom. The van der Waals surface area contributed by atoms with Crippen LogP contribution in [-0.4, -0.2) is 39.8 Å². The van der Waals surface area contributed by atoms with E-state index in [4.69, 9.17) is 14.2 Å². The number of hydrogen-bond donors (Lipinski definition) is 0. The number of hydrogen-bond acceptors (Lipinski definition) is 7. The molecule has 1 aliphatic rings. The molecule has 1 fully saturated rings. The average molecular weight is 323 g/mol. The summed E-state index contributed by atoms with van der Waals surface area (Å²) < 4.78 is 10.8. The highest BCUT2D eigenvalue weighted by molar-refractivity contribution is 5.57. The Balaban J connectivity index is 1.57. The van der Waals surface area contributed by atoms with Crippen molar-refractivity contribution in [3.63, 3.8) is 0 Å². The first-order valence-electron chi connectivity index (χ1n) is 7.85. The lowest BCUT2D eigenvalue weighted by atomic mass is 10.2. The maximum Gasteiger partial charge on any atom is 0.223 e. The van der Waals surface area contributed by atoms with Gasteiger partial charge >= 0.3 is 0 Å². The number of aromatic nitrogens is 4. The Morgan fingerprint density at radius 1 is 1.12 bits per heavy atom. The highest BCUT2D eigenvalue weighted by atomic mass is 16.5. The van der Waals surface area contributed by atoms with Crippen LogP contribution in [-0.2, 0) is 4.74 Å². The van der Waals surface area contributed by atoms with E-state index in [9.17, 15) is 0 Å². The molecule has 24 heavy (non-hydrogen) atoms. The molecule has 3 aromatic rings. The molecule has 0 radical (unpaired) electrons. The number of nitrogens with zero attached hydrogens (tertiary/aromatic N) is 5. The van der Waals surface area contributed by atoms with Crippen molar-refractivity contribution >= 4 is 5.82 Å². The van der Waals surface area contributed by atoms with Gasteiger partial charge in [0.1, 0.15) is 11.9 Å². The monoisotopic (exact) mass is 323 g/mol. The first-order valence-corrected chi connectivity index (χ1v) is 7.85. The van der Waals surface area contributed by atoms with Gasteiger partial charge in [-0.05, 0) is 6.07 Å². The summed E-state index contributed by atoms with van der Waals surface area (Å²) in [4.78, 5) is 15.5. The van der Waals surface area contributed by atoms with Gasteiger partial charge in [-0.2, -0.15) is 4.98 Å². The van der Waals surface area contributed by atoms with Crippen LogP contribution >= 0.6 is 0 Å². The Kier molecular flexibility index (Phi) is 3.92. The number of rotatable bonds is 3. The highest BCUT2D eigenvalue weighted by Crippen LogP contribution is 2.24. The first kappa shape index (κ1) is 14.8. The molecule has 0 amide bonds. The molecule has 0 saturated carbocycles. The fraction of sp³-hybridized carbons (Fsp3) is 0.294. The van der Waals surface area contributed by atoms with Gasteiger partial charge in [-0.3, -0.25) is 0 Å². The van der Waals surface area contributed by atoms with Crippen molar-refractivity contribution in [3.8, 4) is 11.4 Å². The second-order valence-electron chi connectivity index (χ2n) is 5.58. The molecule has 3 heterocycles. The maximum atomic E-state index is 5.77. The quantitative estimate of drug-likeness (QED) is 0.732. The number of morpholine rings is 1. The molecular formula is C17H17N5O2. The van der Waals surface area contributed by atoms with Gasteiger partial charge in [-0.15, -0.1) is 0 Å². The number of aryl methyl sites for hydroxylation is 1. The van der Waals surface area contributed by atoms with Crippen molar-refractivity contribution in [3.05, 3.63) is 54.3 Å². The molecule has 0 bridgehead atoms. The molecule has 2 aromatic heterocycles. The minimum Gasteiger partial charge on any atom is -0.366 e. The van der Waals surface area contributed by atoms with Gasteiger partial charge < -0.3 is 14.2 Å². The van der Waals surface area contributed by atoms with E-state index in [2.05, 4.69) is 20.0 Å². The van der Waals surface area contributed by atoms with Crippen LogP contribution in [0.3, 0.4) is 0 Å². The summed E-state index contributed by atoms with van der Waals surface area (Å²) in [6.07, 6.45) is 1.57. The Morgan fingerprint density at radius 2 is 2.00 bits per heavy atom. The molecule has 4 rings (SSSR count). The Bertz CT molecular complexity index is 821. The third-order valence-corrected chi connectivity index (χ3v) is 3.89. The molecule has 1 aliphatic heterocycles. The van der Waals surface area contributed by atoms with E-state index in [1.807, 2.05) is 36.4 Å². The van der Waals surface area contributed by atoms with E-state index in [0.29, 0.717) is 30.7 Å². The lowest BCUT2D eigenvalue weighted by molar-refractivity contribution is 0.0323. The van der Waals surface area contributed by atoms with Gasteiger partial charge in [0.25, 0.3) is 0 Å². The van der Waals surface area contributed by atoms with Crippen molar-refractivity contribution in [1.82, 2.24) is 20.1 Å². The topological polar surface area (TPSA) is 77.2 Å². The van der Waals surface area contributed by atoms with Crippen LogP contribution in [0.4, 0.5) is 5.82 Å². The van der Waals surface area contributed by atoms with E-state index >= 15 is 0 Å². The lowest BCUT2D eigenvalue weighted by Gasteiger charge is -2.32. The highest BCUT2D eigenvalue weighted by Gasteiger charge is 2.26.